The minimum absolute atomic E-state index is 0.0412. The zero-order valence-corrected chi connectivity index (χ0v) is 22.0. The summed E-state index contributed by atoms with van der Waals surface area (Å²) in [4.78, 5) is 17.4. The molecule has 2 aromatic carbocycles. The number of hydrogen-bond acceptors (Lipinski definition) is 8. The summed E-state index contributed by atoms with van der Waals surface area (Å²) in [6.45, 7) is 3.79. The third-order valence-electron chi connectivity index (χ3n) is 7.00. The van der Waals surface area contributed by atoms with Crippen molar-refractivity contribution in [1.29, 1.82) is 0 Å². The van der Waals surface area contributed by atoms with E-state index in [9.17, 15) is 17.6 Å². The number of hydrogen-bond donors (Lipinski definition) is 3. The second-order valence-electron chi connectivity index (χ2n) is 9.46. The van der Waals surface area contributed by atoms with Crippen LogP contribution in [0, 0.1) is 5.82 Å². The van der Waals surface area contributed by atoms with Gasteiger partial charge in [-0.05, 0) is 31.3 Å². The van der Waals surface area contributed by atoms with Gasteiger partial charge in [-0.2, -0.15) is 9.40 Å². The topological polar surface area (TPSA) is 137 Å². The van der Waals surface area contributed by atoms with Crippen LogP contribution in [0.2, 0.25) is 0 Å². The number of likely N-dealkylation sites (N-methyl/N-ethyl adjacent to an activating group) is 1. The summed E-state index contributed by atoms with van der Waals surface area (Å²) in [5.74, 6) is -0.831. The first-order valence-corrected chi connectivity index (χ1v) is 13.6. The van der Waals surface area contributed by atoms with Gasteiger partial charge in [-0.1, -0.05) is 0 Å². The number of anilines is 3. The summed E-state index contributed by atoms with van der Waals surface area (Å²) in [5.41, 5.74) is 9.11. The Morgan fingerprint density at radius 1 is 1.13 bits per heavy atom. The van der Waals surface area contributed by atoms with Crippen molar-refractivity contribution in [2.75, 3.05) is 62.8 Å². The van der Waals surface area contributed by atoms with Crippen molar-refractivity contribution >= 4 is 33.1 Å². The van der Waals surface area contributed by atoms with Crippen LogP contribution in [-0.4, -0.2) is 80.6 Å². The maximum atomic E-state index is 14.0. The number of methoxy groups -OCH3 is 1. The number of nitrogens with one attached hydrogen (secondary N) is 2. The van der Waals surface area contributed by atoms with Gasteiger partial charge in [-0.25, -0.2) is 12.8 Å². The van der Waals surface area contributed by atoms with Gasteiger partial charge in [0.2, 0.25) is 10.0 Å². The largest absolute Gasteiger partial charge is 0.497 e. The maximum Gasteiger partial charge on any atom is 0.258 e. The van der Waals surface area contributed by atoms with Crippen molar-refractivity contribution in [3.63, 3.8) is 0 Å². The van der Waals surface area contributed by atoms with Crippen molar-refractivity contribution in [2.45, 2.75) is 17.9 Å². The van der Waals surface area contributed by atoms with E-state index in [0.29, 0.717) is 23.2 Å². The van der Waals surface area contributed by atoms with E-state index >= 15 is 0 Å². The Morgan fingerprint density at radius 2 is 1.89 bits per heavy atom. The molecule has 1 amide bonds. The SMILES string of the molecule is COc1cc(F)cc(S(=O)(=O)N2CCc3[nH]nc(NC(=O)c4ccc(N5CCN(C)CC5)cc4N)c3C2)c1. The molecule has 13 heteroatoms. The van der Waals surface area contributed by atoms with Crippen molar-refractivity contribution in [3.8, 4) is 5.75 Å². The smallest absolute Gasteiger partial charge is 0.258 e. The molecule has 38 heavy (non-hydrogen) atoms. The molecule has 1 fully saturated rings. The van der Waals surface area contributed by atoms with E-state index in [1.165, 1.54) is 17.5 Å². The number of fused-ring (bicyclic) bond motifs is 1. The number of sulfonamides is 1. The fraction of sp³-hybridized carbons (Fsp3) is 0.360. The van der Waals surface area contributed by atoms with Crippen LogP contribution < -0.4 is 20.7 Å². The van der Waals surface area contributed by atoms with Crippen LogP contribution >= 0.6 is 0 Å². The highest BCUT2D eigenvalue weighted by molar-refractivity contribution is 7.89. The molecule has 0 saturated carbocycles. The van der Waals surface area contributed by atoms with Crippen LogP contribution in [0.5, 0.6) is 5.75 Å². The van der Waals surface area contributed by atoms with Gasteiger partial charge >= 0.3 is 0 Å². The third kappa shape index (κ3) is 5.04. The maximum absolute atomic E-state index is 14.0. The summed E-state index contributed by atoms with van der Waals surface area (Å²) in [7, 11) is -0.607. The predicted octanol–water partition coefficient (Wildman–Crippen LogP) is 1.89. The number of aromatic amines is 1. The zero-order valence-electron chi connectivity index (χ0n) is 21.2. The van der Waals surface area contributed by atoms with E-state index in [4.69, 9.17) is 10.5 Å². The van der Waals surface area contributed by atoms with Crippen LogP contribution in [0.3, 0.4) is 0 Å². The molecule has 202 valence electrons. The standard InChI is InChI=1S/C25H30FN7O4S/c1-31-7-9-32(10-8-31)17-3-4-20(22(27)13-17)25(34)28-24-21-15-33(6-5-23(21)29-30-24)38(35,36)19-12-16(26)11-18(14-19)37-2/h3-4,11-14H,5-10,15,27H2,1-2H3,(H2,28,29,30,34). The third-order valence-corrected chi connectivity index (χ3v) is 8.82. The normalized spacial score (nSPS) is 16.8. The zero-order chi connectivity index (χ0) is 27.0. The number of nitrogens with zero attached hydrogens (tertiary/aromatic N) is 4. The van der Waals surface area contributed by atoms with Gasteiger partial charge < -0.3 is 25.6 Å². The first-order chi connectivity index (χ1) is 18.2. The highest BCUT2D eigenvalue weighted by Gasteiger charge is 2.32. The van der Waals surface area contributed by atoms with Crippen molar-refractivity contribution in [3.05, 3.63) is 59.0 Å². The molecular formula is C25H30FN7O4S. The lowest BCUT2D eigenvalue weighted by Crippen LogP contribution is -2.44. The first kappa shape index (κ1) is 25.9. The molecule has 1 aromatic heterocycles. The number of piperazine rings is 1. The van der Waals surface area contributed by atoms with Crippen molar-refractivity contribution in [2.24, 2.45) is 0 Å². The molecule has 3 heterocycles. The lowest BCUT2D eigenvalue weighted by molar-refractivity contribution is 0.102. The Morgan fingerprint density at radius 3 is 2.61 bits per heavy atom. The molecular weight excluding hydrogens is 513 g/mol. The summed E-state index contributed by atoms with van der Waals surface area (Å²) in [5, 5.41) is 9.86. The van der Waals surface area contributed by atoms with E-state index in [1.807, 2.05) is 6.07 Å². The molecule has 0 atom stereocenters. The van der Waals surface area contributed by atoms with Crippen LogP contribution in [0.25, 0.3) is 0 Å². The van der Waals surface area contributed by atoms with Gasteiger partial charge in [-0.15, -0.1) is 0 Å². The number of ether oxygens (including phenoxy) is 1. The number of aromatic nitrogens is 2. The molecule has 0 spiro atoms. The van der Waals surface area contributed by atoms with Gasteiger partial charge in [-0.3, -0.25) is 9.89 Å². The molecule has 2 aliphatic rings. The number of amides is 1. The van der Waals surface area contributed by atoms with Crippen molar-refractivity contribution in [1.82, 2.24) is 19.4 Å². The molecule has 0 radical (unpaired) electrons. The van der Waals surface area contributed by atoms with Gasteiger partial charge in [0.25, 0.3) is 5.91 Å². The van der Waals surface area contributed by atoms with Crippen LogP contribution in [-0.2, 0) is 23.0 Å². The second kappa shape index (κ2) is 10.2. The van der Waals surface area contributed by atoms with Gasteiger partial charge in [0.1, 0.15) is 11.6 Å². The van der Waals surface area contributed by atoms with E-state index in [0.717, 1.165) is 49.7 Å². The predicted molar refractivity (Wildman–Crippen MR) is 141 cm³/mol. The summed E-state index contributed by atoms with van der Waals surface area (Å²) in [6.07, 6.45) is 0.353. The number of nitrogen functional groups attached to an aromatic ring is 1. The summed E-state index contributed by atoms with van der Waals surface area (Å²) in [6, 6.07) is 8.70. The number of carbonyl (C=O) groups excluding carboxylic acids is 1. The Kier molecular flexibility index (Phi) is 6.99. The van der Waals surface area contributed by atoms with E-state index in [1.54, 1.807) is 12.1 Å². The van der Waals surface area contributed by atoms with Crippen LogP contribution in [0.15, 0.2) is 41.3 Å². The number of carbonyl (C=O) groups is 1. The minimum atomic E-state index is -4.03. The van der Waals surface area contributed by atoms with Gasteiger partial charge in [0.15, 0.2) is 5.82 Å². The van der Waals surface area contributed by atoms with Crippen LogP contribution in [0.1, 0.15) is 21.6 Å². The molecule has 2 aliphatic heterocycles. The summed E-state index contributed by atoms with van der Waals surface area (Å²) < 4.78 is 46.8. The lowest BCUT2D eigenvalue weighted by atomic mass is 10.1. The van der Waals surface area contributed by atoms with Gasteiger partial charge in [0, 0.05) is 80.5 Å². The molecule has 3 aromatic rings. The van der Waals surface area contributed by atoms with E-state index in [-0.39, 0.29) is 29.6 Å². The Bertz CT molecular complexity index is 1470. The lowest BCUT2D eigenvalue weighted by Gasteiger charge is -2.34. The van der Waals surface area contributed by atoms with Crippen molar-refractivity contribution < 1.29 is 22.3 Å². The minimum Gasteiger partial charge on any atom is -0.497 e. The number of halogens is 1. The van der Waals surface area contributed by atoms with Crippen LogP contribution in [0.4, 0.5) is 21.6 Å². The van der Waals surface area contributed by atoms with Gasteiger partial charge in [0.05, 0.1) is 17.6 Å². The molecule has 0 unspecified atom stereocenters. The molecule has 11 nitrogen and oxygen atoms in total. The highest BCUT2D eigenvalue weighted by atomic mass is 32.2. The van der Waals surface area contributed by atoms with E-state index < -0.39 is 21.7 Å². The second-order valence-corrected chi connectivity index (χ2v) is 11.4. The molecule has 5 rings (SSSR count). The molecule has 0 aliphatic carbocycles. The average Bonchev–Trinajstić information content (AvgIpc) is 3.30. The molecule has 4 N–H and O–H groups in total. The number of H-pyrrole nitrogens is 1. The number of rotatable bonds is 6. The Labute approximate surface area is 220 Å². The molecule has 1 saturated heterocycles. The highest BCUT2D eigenvalue weighted by Crippen LogP contribution is 2.31. The fourth-order valence-electron chi connectivity index (χ4n) is 4.72. The Balaban J connectivity index is 1.33. The molecule has 0 bridgehead atoms. The first-order valence-electron chi connectivity index (χ1n) is 12.2. The Hall–Kier alpha value is -3.68. The summed E-state index contributed by atoms with van der Waals surface area (Å²) >= 11 is 0. The monoisotopic (exact) mass is 543 g/mol. The number of benzene rings is 2. The van der Waals surface area contributed by atoms with E-state index in [2.05, 4.69) is 32.4 Å². The average molecular weight is 544 g/mol. The fourth-order valence-corrected chi connectivity index (χ4v) is 6.18. The quantitative estimate of drug-likeness (QED) is 0.401. The number of nitrogens with two attached hydrogens (primary N) is 1.